The summed E-state index contributed by atoms with van der Waals surface area (Å²) < 4.78 is 1.24. The van der Waals surface area contributed by atoms with E-state index >= 15 is 0 Å². The van der Waals surface area contributed by atoms with Crippen LogP contribution in [0.3, 0.4) is 0 Å². The van der Waals surface area contributed by atoms with Crippen molar-refractivity contribution in [3.8, 4) is 0 Å². The van der Waals surface area contributed by atoms with Gasteiger partial charge < -0.3 is 10.8 Å². The van der Waals surface area contributed by atoms with E-state index in [1.165, 1.54) is 9.13 Å². The van der Waals surface area contributed by atoms with Crippen LogP contribution in [0.15, 0.2) is 24.3 Å². The van der Waals surface area contributed by atoms with Crippen LogP contribution in [-0.4, -0.2) is 17.8 Å². The molecule has 2 atom stereocenters. The molecule has 0 saturated heterocycles. The molecule has 0 amide bonds. The Hall–Kier alpha value is -0.130. The zero-order valence-electron chi connectivity index (χ0n) is 11.1. The second-order valence-corrected chi connectivity index (χ2v) is 7.51. The van der Waals surface area contributed by atoms with E-state index in [1.54, 1.807) is 0 Å². The van der Waals surface area contributed by atoms with Crippen molar-refractivity contribution in [1.82, 2.24) is 0 Å². The van der Waals surface area contributed by atoms with Gasteiger partial charge in [0, 0.05) is 15.5 Å². The minimum atomic E-state index is -0.311. The Morgan fingerprint density at radius 2 is 1.89 bits per heavy atom. The Morgan fingerprint density at radius 3 is 2.33 bits per heavy atom. The summed E-state index contributed by atoms with van der Waals surface area (Å²) in [6.45, 7) is 4.84. The molecule has 0 radical (unpaired) electrons. The van der Waals surface area contributed by atoms with Gasteiger partial charge in [0.15, 0.2) is 0 Å². The van der Waals surface area contributed by atoms with Gasteiger partial charge in [-0.05, 0) is 65.0 Å². The van der Waals surface area contributed by atoms with E-state index in [-0.39, 0.29) is 16.9 Å². The van der Waals surface area contributed by atoms with Crippen molar-refractivity contribution in [2.75, 3.05) is 6.54 Å². The lowest BCUT2D eigenvalue weighted by Crippen LogP contribution is -2.44. The number of benzene rings is 1. The van der Waals surface area contributed by atoms with Gasteiger partial charge in [0.25, 0.3) is 0 Å². The largest absolute Gasteiger partial charge is 0.392 e. The molecule has 3 heteroatoms. The van der Waals surface area contributed by atoms with Crippen LogP contribution in [0.2, 0.25) is 0 Å². The minimum absolute atomic E-state index is 0.0113. The topological polar surface area (TPSA) is 46.2 Å². The zero-order valence-corrected chi connectivity index (χ0v) is 13.3. The van der Waals surface area contributed by atoms with Crippen LogP contribution in [0.4, 0.5) is 0 Å². The van der Waals surface area contributed by atoms with Gasteiger partial charge >= 0.3 is 0 Å². The van der Waals surface area contributed by atoms with Crippen molar-refractivity contribution in [2.45, 2.75) is 39.2 Å². The Balaban J connectivity index is 2.22. The Kier molecular flexibility index (Phi) is 4.04. The molecule has 1 saturated carbocycles. The van der Waals surface area contributed by atoms with Gasteiger partial charge in [-0.15, -0.1) is 0 Å². The molecule has 0 spiro atoms. The fourth-order valence-electron chi connectivity index (χ4n) is 3.15. The molecule has 2 unspecified atom stereocenters. The Morgan fingerprint density at radius 1 is 1.28 bits per heavy atom. The first-order chi connectivity index (χ1) is 8.39. The van der Waals surface area contributed by atoms with Crippen LogP contribution in [0, 0.1) is 14.4 Å². The third-order valence-corrected chi connectivity index (χ3v) is 5.18. The molecule has 1 aromatic rings. The van der Waals surface area contributed by atoms with Crippen molar-refractivity contribution in [3.05, 3.63) is 33.4 Å². The van der Waals surface area contributed by atoms with E-state index in [1.807, 2.05) is 0 Å². The van der Waals surface area contributed by atoms with Gasteiger partial charge in [-0.25, -0.2) is 0 Å². The molecule has 1 aliphatic rings. The molecule has 0 aromatic heterocycles. The van der Waals surface area contributed by atoms with Gasteiger partial charge in [-0.2, -0.15) is 0 Å². The number of aliphatic hydroxyl groups is 1. The lowest BCUT2D eigenvalue weighted by atomic mass is 9.74. The van der Waals surface area contributed by atoms with Gasteiger partial charge in [0.1, 0.15) is 0 Å². The third kappa shape index (κ3) is 2.58. The minimum Gasteiger partial charge on any atom is -0.392 e. The number of hydrogen-bond acceptors (Lipinski definition) is 2. The summed E-state index contributed by atoms with van der Waals surface area (Å²) >= 11 is 2.31. The van der Waals surface area contributed by atoms with E-state index in [4.69, 9.17) is 5.73 Å². The predicted octanol–water partition coefficient (Wildman–Crippen LogP) is 2.96. The summed E-state index contributed by atoms with van der Waals surface area (Å²) in [7, 11) is 0. The van der Waals surface area contributed by atoms with E-state index in [9.17, 15) is 5.11 Å². The van der Waals surface area contributed by atoms with Crippen molar-refractivity contribution in [3.63, 3.8) is 0 Å². The van der Waals surface area contributed by atoms with Crippen molar-refractivity contribution in [2.24, 2.45) is 16.6 Å². The van der Waals surface area contributed by atoms with Crippen LogP contribution in [-0.2, 0) is 6.42 Å². The average Bonchev–Trinajstić information content (AvgIpc) is 2.57. The van der Waals surface area contributed by atoms with Crippen LogP contribution in [0.25, 0.3) is 0 Å². The molecule has 1 aromatic carbocycles. The summed E-state index contributed by atoms with van der Waals surface area (Å²) in [6, 6.07) is 8.54. The van der Waals surface area contributed by atoms with Crippen molar-refractivity contribution < 1.29 is 5.11 Å². The molecular weight excluding hydrogens is 337 g/mol. The number of halogens is 1. The summed E-state index contributed by atoms with van der Waals surface area (Å²) in [6.07, 6.45) is 2.64. The fraction of sp³-hybridized carbons (Fsp3) is 0.600. The standard InChI is InChI=1S/C15H22INO/c1-14(2)7-8-15(10-17,13(14)18)9-11-3-5-12(16)6-4-11/h3-6,13,18H,7-10,17H2,1-2H3. The lowest BCUT2D eigenvalue weighted by Gasteiger charge is -2.36. The van der Waals surface area contributed by atoms with Gasteiger partial charge in [0.05, 0.1) is 6.10 Å². The zero-order chi connectivity index (χ0) is 13.4. The summed E-state index contributed by atoms with van der Waals surface area (Å²) in [5.41, 5.74) is 7.12. The van der Waals surface area contributed by atoms with Crippen LogP contribution in [0.1, 0.15) is 32.3 Å². The molecule has 3 N–H and O–H groups in total. The smallest absolute Gasteiger partial charge is 0.0662 e. The van der Waals surface area contributed by atoms with Crippen molar-refractivity contribution in [1.29, 1.82) is 0 Å². The number of aliphatic hydroxyl groups excluding tert-OH is 1. The van der Waals surface area contributed by atoms with E-state index in [2.05, 4.69) is 60.7 Å². The van der Waals surface area contributed by atoms with Gasteiger partial charge in [-0.1, -0.05) is 26.0 Å². The first kappa shape index (κ1) is 14.3. The second-order valence-electron chi connectivity index (χ2n) is 6.26. The highest BCUT2D eigenvalue weighted by atomic mass is 127. The van der Waals surface area contributed by atoms with Crippen LogP contribution in [0.5, 0.6) is 0 Å². The normalized spacial score (nSPS) is 30.6. The molecule has 2 nitrogen and oxygen atoms in total. The highest BCUT2D eigenvalue weighted by Gasteiger charge is 2.50. The molecular formula is C15H22INO. The maximum atomic E-state index is 10.6. The molecule has 0 bridgehead atoms. The van der Waals surface area contributed by atoms with E-state index in [0.29, 0.717) is 6.54 Å². The van der Waals surface area contributed by atoms with Gasteiger partial charge in [0.2, 0.25) is 0 Å². The quantitative estimate of drug-likeness (QED) is 0.816. The first-order valence-corrected chi connectivity index (χ1v) is 7.60. The number of hydrogen-bond donors (Lipinski definition) is 2. The number of rotatable bonds is 3. The SMILES string of the molecule is CC1(C)CCC(CN)(Cc2ccc(I)cc2)C1O. The van der Waals surface area contributed by atoms with Crippen LogP contribution < -0.4 is 5.73 Å². The molecule has 1 aliphatic carbocycles. The molecule has 0 aliphatic heterocycles. The monoisotopic (exact) mass is 359 g/mol. The van der Waals surface area contributed by atoms with E-state index < -0.39 is 0 Å². The Bertz CT molecular complexity index is 415. The van der Waals surface area contributed by atoms with Gasteiger partial charge in [-0.3, -0.25) is 0 Å². The lowest BCUT2D eigenvalue weighted by molar-refractivity contribution is -0.00463. The summed E-state index contributed by atoms with van der Waals surface area (Å²) in [5, 5.41) is 10.6. The van der Waals surface area contributed by atoms with E-state index in [0.717, 1.165) is 19.3 Å². The maximum absolute atomic E-state index is 10.6. The highest BCUT2D eigenvalue weighted by Crippen LogP contribution is 2.50. The maximum Gasteiger partial charge on any atom is 0.0662 e. The molecule has 0 heterocycles. The molecule has 1 fully saturated rings. The highest BCUT2D eigenvalue weighted by molar-refractivity contribution is 14.1. The van der Waals surface area contributed by atoms with Crippen molar-refractivity contribution >= 4 is 22.6 Å². The fourth-order valence-corrected chi connectivity index (χ4v) is 3.51. The third-order valence-electron chi connectivity index (χ3n) is 4.46. The Labute approximate surface area is 123 Å². The average molecular weight is 359 g/mol. The summed E-state index contributed by atoms with van der Waals surface area (Å²) in [5.74, 6) is 0. The molecule has 2 rings (SSSR count). The predicted molar refractivity (Wildman–Crippen MR) is 83.4 cm³/mol. The number of nitrogens with two attached hydrogens (primary N) is 1. The summed E-state index contributed by atoms with van der Waals surface area (Å²) in [4.78, 5) is 0. The van der Waals surface area contributed by atoms with Crippen LogP contribution >= 0.6 is 22.6 Å². The molecule has 100 valence electrons. The second kappa shape index (κ2) is 5.10. The first-order valence-electron chi connectivity index (χ1n) is 6.52. The molecule has 18 heavy (non-hydrogen) atoms.